The molecule has 1 saturated carbocycles. The van der Waals surface area contributed by atoms with Gasteiger partial charge in [-0.3, -0.25) is 20.1 Å². The van der Waals surface area contributed by atoms with Crippen molar-refractivity contribution >= 4 is 27.1 Å². The molecule has 1 heterocycles. The molecule has 0 amide bonds. The number of non-ortho nitro benzene ring substituents is 1. The van der Waals surface area contributed by atoms with Crippen LogP contribution in [0.4, 0.5) is 17.1 Å². The molecule has 0 unspecified atom stereocenters. The topological polar surface area (TPSA) is 140 Å². The second-order valence-electron chi connectivity index (χ2n) is 7.05. The number of nitro groups is 1. The Hall–Kier alpha value is -2.85. The average Bonchev–Trinajstić information content (AvgIpc) is 2.98. The lowest BCUT2D eigenvalue weighted by Crippen LogP contribution is -2.32. The Bertz CT molecular complexity index is 1170. The fourth-order valence-electron chi connectivity index (χ4n) is 3.77. The predicted molar refractivity (Wildman–Crippen MR) is 102 cm³/mol. The fourth-order valence-corrected chi connectivity index (χ4v) is 4.61. The van der Waals surface area contributed by atoms with E-state index < -0.39 is 20.6 Å². The summed E-state index contributed by atoms with van der Waals surface area (Å²) in [6.45, 7) is 0. The van der Waals surface area contributed by atoms with Crippen molar-refractivity contribution in [1.82, 2.24) is 0 Å². The number of fused-ring (bicyclic) bond motifs is 1. The van der Waals surface area contributed by atoms with E-state index in [1.807, 2.05) is 0 Å². The summed E-state index contributed by atoms with van der Waals surface area (Å²) in [6, 6.07) is 9.00. The number of anilines is 2. The van der Waals surface area contributed by atoms with Gasteiger partial charge in [-0.1, -0.05) is 6.42 Å². The number of sulfonamides is 1. The summed E-state index contributed by atoms with van der Waals surface area (Å²) in [5.74, 6) is 0. The van der Waals surface area contributed by atoms with Crippen LogP contribution in [0.3, 0.4) is 0 Å². The quantitative estimate of drug-likeness (QED) is 0.595. The first-order valence-corrected chi connectivity index (χ1v) is 10.5. The molecule has 1 spiro atoms. The molecule has 9 nitrogen and oxygen atoms in total. The maximum atomic E-state index is 12.4. The summed E-state index contributed by atoms with van der Waals surface area (Å²) in [5, 5.41) is 20.1. The summed E-state index contributed by atoms with van der Waals surface area (Å²) in [6.07, 6.45) is 4.70. The van der Waals surface area contributed by atoms with Crippen molar-refractivity contribution in [2.45, 2.75) is 42.7 Å². The van der Waals surface area contributed by atoms with E-state index in [9.17, 15) is 18.5 Å². The zero-order chi connectivity index (χ0) is 19.9. The largest absolute Gasteiger partial charge is 0.354 e. The minimum absolute atomic E-state index is 0.0563. The van der Waals surface area contributed by atoms with Gasteiger partial charge in [0.15, 0.2) is 5.66 Å². The van der Waals surface area contributed by atoms with Crippen LogP contribution in [-0.4, -0.2) is 19.0 Å². The number of rotatable bonds is 4. The molecule has 28 heavy (non-hydrogen) atoms. The van der Waals surface area contributed by atoms with E-state index >= 15 is 0 Å². The van der Waals surface area contributed by atoms with Crippen molar-refractivity contribution in [2.24, 2.45) is 15.1 Å². The summed E-state index contributed by atoms with van der Waals surface area (Å²) >= 11 is 0. The number of nitrogens with two attached hydrogens (primary N) is 1. The van der Waals surface area contributed by atoms with E-state index in [4.69, 9.17) is 15.1 Å². The van der Waals surface area contributed by atoms with Crippen LogP contribution in [0.2, 0.25) is 0 Å². The van der Waals surface area contributed by atoms with Crippen LogP contribution in [0.1, 0.15) is 32.1 Å². The molecule has 146 valence electrons. The average molecular weight is 401 g/mol. The number of nitro benzene ring substituents is 1. The van der Waals surface area contributed by atoms with Gasteiger partial charge in [0.2, 0.25) is 10.0 Å². The second kappa shape index (κ2) is 6.64. The van der Waals surface area contributed by atoms with Gasteiger partial charge in [-0.15, -0.1) is 0 Å². The summed E-state index contributed by atoms with van der Waals surface area (Å²) in [5.41, 5.74) is 0.116. The number of benzene rings is 2. The molecule has 1 aliphatic carbocycles. The molecule has 2 aromatic rings. The third-order valence-corrected chi connectivity index (χ3v) is 6.04. The first kappa shape index (κ1) is 18.5. The lowest BCUT2D eigenvalue weighted by Gasteiger charge is -2.27. The lowest BCUT2D eigenvalue weighted by atomic mass is 9.90. The molecule has 1 fully saturated rings. The zero-order valence-electron chi connectivity index (χ0n) is 15.0. The Kier molecular flexibility index (Phi) is 4.39. The fraction of sp³-hybridized carbons (Fsp3) is 0.333. The van der Waals surface area contributed by atoms with Gasteiger partial charge in [-0.25, -0.2) is 13.6 Å². The Labute approximate surface area is 161 Å². The molecule has 0 atom stereocenters. The van der Waals surface area contributed by atoms with Crippen LogP contribution < -0.4 is 21.2 Å². The van der Waals surface area contributed by atoms with Crippen molar-refractivity contribution in [3.8, 4) is 0 Å². The van der Waals surface area contributed by atoms with E-state index in [-0.39, 0.29) is 21.6 Å². The smallest absolute Gasteiger partial charge is 0.269 e. The van der Waals surface area contributed by atoms with Crippen LogP contribution in [0, 0.1) is 10.1 Å². The first-order valence-electron chi connectivity index (χ1n) is 8.95. The molecule has 4 rings (SSSR count). The number of hydrogen-bond acceptors (Lipinski definition) is 7. The van der Waals surface area contributed by atoms with Gasteiger partial charge < -0.3 is 5.32 Å². The highest BCUT2D eigenvalue weighted by Gasteiger charge is 2.35. The van der Waals surface area contributed by atoms with Gasteiger partial charge in [0, 0.05) is 17.8 Å². The van der Waals surface area contributed by atoms with Crippen molar-refractivity contribution in [3.63, 3.8) is 0 Å². The standard InChI is InChI=1S/C18H19N5O4S/c19-28(26,27)17-15(20-12-4-6-13(7-5-12)23(24)25)9-8-14-16(17)22-18(21-14)10-2-1-3-11-18/h4-9,20H,1-3,10-11H2,(H2,19,26,27). The first-order chi connectivity index (χ1) is 13.3. The van der Waals surface area contributed by atoms with Crippen molar-refractivity contribution in [1.29, 1.82) is 0 Å². The molecule has 3 N–H and O–H groups in total. The Morgan fingerprint density at radius 2 is 1.71 bits per heavy atom. The Balaban J connectivity index is 1.81. The monoisotopic (exact) mass is 401 g/mol. The van der Waals surface area contributed by atoms with Gasteiger partial charge >= 0.3 is 0 Å². The Morgan fingerprint density at radius 3 is 2.32 bits per heavy atom. The van der Waals surface area contributed by atoms with Crippen LogP contribution in [-0.2, 0) is 10.0 Å². The summed E-state index contributed by atoms with van der Waals surface area (Å²) in [7, 11) is -4.08. The molecule has 2 aromatic carbocycles. The van der Waals surface area contributed by atoms with E-state index in [1.165, 1.54) is 24.3 Å². The lowest BCUT2D eigenvalue weighted by molar-refractivity contribution is -0.384. The molecule has 10 heteroatoms. The number of nitrogens with one attached hydrogen (secondary N) is 1. The van der Waals surface area contributed by atoms with E-state index in [1.54, 1.807) is 12.1 Å². The van der Waals surface area contributed by atoms with E-state index in [0.717, 1.165) is 32.1 Å². The number of nitrogens with zero attached hydrogens (tertiary/aromatic N) is 3. The highest BCUT2D eigenvalue weighted by molar-refractivity contribution is 7.89. The van der Waals surface area contributed by atoms with Crippen LogP contribution >= 0.6 is 0 Å². The molecular weight excluding hydrogens is 382 g/mol. The Morgan fingerprint density at radius 1 is 1.04 bits per heavy atom. The van der Waals surface area contributed by atoms with Crippen LogP contribution in [0.25, 0.3) is 0 Å². The van der Waals surface area contributed by atoms with Crippen molar-refractivity contribution in [2.75, 3.05) is 5.32 Å². The summed E-state index contributed by atoms with van der Waals surface area (Å²) in [4.78, 5) is 19.6. The van der Waals surface area contributed by atoms with Gasteiger partial charge in [0.25, 0.3) is 5.69 Å². The van der Waals surface area contributed by atoms with Gasteiger partial charge in [-0.05, 0) is 49.9 Å². The third kappa shape index (κ3) is 3.36. The number of hydrogen-bond donors (Lipinski definition) is 2. The minimum atomic E-state index is -4.08. The normalized spacial score (nSPS) is 17.5. The predicted octanol–water partition coefficient (Wildman–Crippen LogP) is 1.90. The second-order valence-corrected chi connectivity index (χ2v) is 8.55. The maximum Gasteiger partial charge on any atom is 0.269 e. The zero-order valence-corrected chi connectivity index (χ0v) is 15.8. The molecule has 0 bridgehead atoms. The minimum Gasteiger partial charge on any atom is -0.354 e. The maximum absolute atomic E-state index is 12.4. The van der Waals surface area contributed by atoms with Crippen molar-refractivity contribution < 1.29 is 13.3 Å². The van der Waals surface area contributed by atoms with Gasteiger partial charge in [0.1, 0.15) is 10.3 Å². The van der Waals surface area contributed by atoms with Crippen molar-refractivity contribution in [3.05, 3.63) is 57.2 Å². The van der Waals surface area contributed by atoms with Gasteiger partial charge in [-0.2, -0.15) is 0 Å². The van der Waals surface area contributed by atoms with E-state index in [0.29, 0.717) is 11.0 Å². The van der Waals surface area contributed by atoms with Crippen LogP contribution in [0.5, 0.6) is 0 Å². The molecule has 1 aliphatic heterocycles. The molecular formula is C18H19N5O4S. The SMILES string of the molecule is NS(=O)(=O)c1c(Nc2ccc([N+](=O)[O-])cc2)ccc2c1=NC1(CCCCC1)N=2. The molecule has 0 radical (unpaired) electrons. The van der Waals surface area contributed by atoms with Crippen LogP contribution in [0.15, 0.2) is 51.3 Å². The summed E-state index contributed by atoms with van der Waals surface area (Å²) < 4.78 is 24.7. The highest BCUT2D eigenvalue weighted by Crippen LogP contribution is 2.34. The highest BCUT2D eigenvalue weighted by atomic mass is 32.2. The number of primary sulfonamides is 1. The molecule has 0 saturated heterocycles. The van der Waals surface area contributed by atoms with E-state index in [2.05, 4.69) is 5.32 Å². The molecule has 2 aliphatic rings. The van der Waals surface area contributed by atoms with Gasteiger partial charge in [0.05, 0.1) is 16.0 Å². The third-order valence-electron chi connectivity index (χ3n) is 5.05. The molecule has 0 aromatic heterocycles.